The Bertz CT molecular complexity index is 1800. The van der Waals surface area contributed by atoms with Gasteiger partial charge in [0.1, 0.15) is 24.2 Å². The smallest absolute Gasteiger partial charge is 0.327 e. The molecule has 0 aliphatic carbocycles. The Morgan fingerprint density at radius 2 is 1.70 bits per heavy atom. The maximum Gasteiger partial charge on any atom is 0.327 e. The summed E-state index contributed by atoms with van der Waals surface area (Å²) in [5, 5.41) is 35.9. The van der Waals surface area contributed by atoms with E-state index in [2.05, 4.69) is 35.9 Å². The number of nitrogens with zero attached hydrogens (tertiary/aromatic N) is 4. The lowest BCUT2D eigenvalue weighted by molar-refractivity contribution is -0.149. The Morgan fingerprint density at radius 1 is 1.00 bits per heavy atom. The molecule has 4 heterocycles. The molecule has 5 unspecified atom stereocenters. The number of aromatic nitrogens is 4. The van der Waals surface area contributed by atoms with Crippen molar-refractivity contribution >= 4 is 47.1 Å². The number of fused-ring (bicyclic) bond motifs is 1. The zero-order valence-electron chi connectivity index (χ0n) is 28.5. The Kier molecular flexibility index (Phi) is 13.1. The average Bonchev–Trinajstić information content (AvgIpc) is 3.64. The van der Waals surface area contributed by atoms with Crippen molar-refractivity contribution in [2.45, 2.75) is 75.6 Å². The summed E-state index contributed by atoms with van der Waals surface area (Å²) < 4.78 is 5.74. The normalized spacial score (nSPS) is 19.4. The quantitative estimate of drug-likeness (QED) is 0.101. The number of aromatic amines is 1. The van der Waals surface area contributed by atoms with Crippen molar-refractivity contribution in [2.24, 2.45) is 17.2 Å². The SMILES string of the molecule is CC(=O)N(C(=O)c1ccc(NCc2cnc3c(n2)C(=O)NC(N)(C2CCCCO2)N3)cc1)C(CC(N)C(=O)O)C(=O)O.NC(Cc1c[nH]cn1)C(=O)O. The van der Waals surface area contributed by atoms with E-state index in [-0.39, 0.29) is 30.0 Å². The van der Waals surface area contributed by atoms with Gasteiger partial charge < -0.3 is 52.5 Å². The third-order valence-electron chi connectivity index (χ3n) is 8.23. The third kappa shape index (κ3) is 10.3. The Morgan fingerprint density at radius 3 is 2.26 bits per heavy atom. The number of aliphatic carboxylic acids is 3. The van der Waals surface area contributed by atoms with E-state index in [1.54, 1.807) is 6.20 Å². The van der Waals surface area contributed by atoms with E-state index in [1.165, 1.54) is 36.8 Å². The van der Waals surface area contributed by atoms with Crippen LogP contribution in [0.25, 0.3) is 0 Å². The van der Waals surface area contributed by atoms with E-state index in [4.69, 9.17) is 32.2 Å². The maximum absolute atomic E-state index is 13.0. The van der Waals surface area contributed by atoms with Gasteiger partial charge in [-0.15, -0.1) is 0 Å². The van der Waals surface area contributed by atoms with Crippen molar-refractivity contribution in [1.29, 1.82) is 0 Å². The fraction of sp³-hybridized carbons (Fsp3) is 0.406. The molecule has 0 bridgehead atoms. The van der Waals surface area contributed by atoms with Crippen LogP contribution in [0.15, 0.2) is 43.0 Å². The molecule has 3 amide bonds. The van der Waals surface area contributed by atoms with Gasteiger partial charge in [0.05, 0.1) is 30.5 Å². The summed E-state index contributed by atoms with van der Waals surface area (Å²) >= 11 is 0. The van der Waals surface area contributed by atoms with E-state index in [0.29, 0.717) is 35.0 Å². The van der Waals surface area contributed by atoms with Crippen LogP contribution in [0.5, 0.6) is 0 Å². The molecule has 3 aromatic rings. The second-order valence-electron chi connectivity index (χ2n) is 12.2. The fourth-order valence-electron chi connectivity index (χ4n) is 5.44. The van der Waals surface area contributed by atoms with Gasteiger partial charge in [0.15, 0.2) is 17.3 Å². The predicted octanol–water partition coefficient (Wildman–Crippen LogP) is -0.966. The Balaban J connectivity index is 0.000000488. The van der Waals surface area contributed by atoms with Gasteiger partial charge in [-0.2, -0.15) is 0 Å². The zero-order valence-corrected chi connectivity index (χ0v) is 28.5. The molecular weight excluding hydrogens is 698 g/mol. The number of carboxylic acid groups (broad SMARTS) is 3. The number of amides is 3. The van der Waals surface area contributed by atoms with Crippen LogP contribution in [-0.4, -0.2) is 112 Å². The lowest BCUT2D eigenvalue weighted by Crippen LogP contribution is -2.71. The van der Waals surface area contributed by atoms with Crippen molar-refractivity contribution in [3.63, 3.8) is 0 Å². The molecular formula is C32H41N11O10. The van der Waals surface area contributed by atoms with Crippen molar-refractivity contribution in [3.05, 3.63) is 65.6 Å². The average molecular weight is 740 g/mol. The van der Waals surface area contributed by atoms with Crippen LogP contribution >= 0.6 is 0 Å². The first-order valence-electron chi connectivity index (χ1n) is 16.3. The fourth-order valence-corrected chi connectivity index (χ4v) is 5.44. The largest absolute Gasteiger partial charge is 0.480 e. The van der Waals surface area contributed by atoms with Gasteiger partial charge in [0.25, 0.3) is 11.8 Å². The highest BCUT2D eigenvalue weighted by Gasteiger charge is 2.44. The molecule has 2 aliphatic heterocycles. The number of carbonyl (C=O) groups excluding carboxylic acids is 3. The molecule has 2 aromatic heterocycles. The number of ether oxygens (including phenoxy) is 1. The molecule has 2 aliphatic rings. The number of anilines is 2. The van der Waals surface area contributed by atoms with E-state index in [9.17, 15) is 33.9 Å². The van der Waals surface area contributed by atoms with Gasteiger partial charge in [0.2, 0.25) is 5.91 Å². The minimum Gasteiger partial charge on any atom is -0.480 e. The number of benzene rings is 1. The van der Waals surface area contributed by atoms with Crippen molar-refractivity contribution < 1.29 is 48.8 Å². The number of nitrogens with two attached hydrogens (primary N) is 3. The minimum atomic E-state index is -1.77. The lowest BCUT2D eigenvalue weighted by atomic mass is 10.0. The number of carboxylic acids is 3. The molecule has 0 saturated carbocycles. The summed E-state index contributed by atoms with van der Waals surface area (Å²) in [5.41, 5.74) is 18.8. The van der Waals surface area contributed by atoms with Crippen LogP contribution in [-0.2, 0) is 36.9 Å². The number of hydrogen-bond acceptors (Lipinski definition) is 15. The van der Waals surface area contributed by atoms with Crippen LogP contribution in [0.3, 0.4) is 0 Å². The summed E-state index contributed by atoms with van der Waals surface area (Å²) in [4.78, 5) is 86.9. The molecule has 5 rings (SSSR count). The molecule has 13 N–H and O–H groups in total. The Hall–Kier alpha value is -6.03. The molecule has 21 heteroatoms. The molecule has 284 valence electrons. The van der Waals surface area contributed by atoms with Gasteiger partial charge in [-0.3, -0.25) is 34.6 Å². The first kappa shape index (κ1) is 39.8. The number of rotatable bonds is 13. The highest BCUT2D eigenvalue weighted by atomic mass is 16.5. The van der Waals surface area contributed by atoms with Crippen molar-refractivity contribution in [3.8, 4) is 0 Å². The van der Waals surface area contributed by atoms with Crippen LogP contribution in [0.1, 0.15) is 64.8 Å². The molecule has 5 atom stereocenters. The molecule has 53 heavy (non-hydrogen) atoms. The standard InChI is InChI=1S/C26H32N8O8.C6H9N3O2/c1-13(35)34(18(25(40)41)10-17(27)24(38)39)23(37)14-5-7-15(8-6-14)29-11-16-12-30-21-20(31-16)22(36)33-26(28,32-21)19-4-2-3-9-42-19;7-5(6(10)11)1-4-2-8-3-9-4/h5-8,12,17-19,29H,2-4,9-11,27-28H2,1H3,(H,30,32)(H,33,36)(H,38,39)(H,40,41);2-3,5H,1,7H2,(H,8,9)(H,10,11). The van der Waals surface area contributed by atoms with Crippen LogP contribution in [0.2, 0.25) is 0 Å². The number of nitrogens with one attached hydrogen (secondary N) is 4. The first-order valence-corrected chi connectivity index (χ1v) is 16.3. The maximum atomic E-state index is 13.0. The highest BCUT2D eigenvalue weighted by molar-refractivity contribution is 6.07. The van der Waals surface area contributed by atoms with Gasteiger partial charge in [-0.25, -0.2) is 19.7 Å². The van der Waals surface area contributed by atoms with Gasteiger partial charge in [-0.05, 0) is 43.5 Å². The van der Waals surface area contributed by atoms with Gasteiger partial charge in [0, 0.05) is 43.8 Å². The van der Waals surface area contributed by atoms with E-state index in [0.717, 1.165) is 19.8 Å². The molecule has 21 nitrogen and oxygen atoms in total. The Labute approximate surface area is 301 Å². The van der Waals surface area contributed by atoms with E-state index in [1.807, 2.05) is 0 Å². The topological polar surface area (TPSA) is 344 Å². The number of H-pyrrole nitrogens is 1. The predicted molar refractivity (Wildman–Crippen MR) is 184 cm³/mol. The molecule has 1 aromatic carbocycles. The van der Waals surface area contributed by atoms with Crippen LogP contribution in [0.4, 0.5) is 11.5 Å². The lowest BCUT2D eigenvalue weighted by Gasteiger charge is -2.42. The van der Waals surface area contributed by atoms with E-state index < -0.39 is 72.1 Å². The van der Waals surface area contributed by atoms with Crippen LogP contribution in [0, 0.1) is 0 Å². The highest BCUT2D eigenvalue weighted by Crippen LogP contribution is 2.27. The molecule has 0 spiro atoms. The van der Waals surface area contributed by atoms with Gasteiger partial charge >= 0.3 is 17.9 Å². The number of hydrogen-bond donors (Lipinski definition) is 10. The molecule has 1 fully saturated rings. The summed E-state index contributed by atoms with van der Waals surface area (Å²) in [6.45, 7) is 1.72. The minimum absolute atomic E-state index is 0.00516. The summed E-state index contributed by atoms with van der Waals surface area (Å²) in [7, 11) is 0. The van der Waals surface area contributed by atoms with Crippen molar-refractivity contribution in [1.82, 2.24) is 30.2 Å². The second kappa shape index (κ2) is 17.5. The third-order valence-corrected chi connectivity index (χ3v) is 8.23. The second-order valence-corrected chi connectivity index (χ2v) is 12.2. The monoisotopic (exact) mass is 739 g/mol. The van der Waals surface area contributed by atoms with Crippen molar-refractivity contribution in [2.75, 3.05) is 17.2 Å². The first-order chi connectivity index (χ1) is 25.1. The summed E-state index contributed by atoms with van der Waals surface area (Å²) in [5.74, 6) is -7.39. The number of carbonyl (C=O) groups is 6. The van der Waals surface area contributed by atoms with Crippen LogP contribution < -0.4 is 33.2 Å². The summed E-state index contributed by atoms with van der Waals surface area (Å²) in [6.07, 6.45) is 6.33. The molecule has 1 saturated heterocycles. The summed E-state index contributed by atoms with van der Waals surface area (Å²) in [6, 6.07) is 1.58. The zero-order chi connectivity index (χ0) is 38.9. The number of imide groups is 1. The van der Waals surface area contributed by atoms with E-state index >= 15 is 0 Å². The molecule has 0 radical (unpaired) electrons. The van der Waals surface area contributed by atoms with Gasteiger partial charge in [-0.1, -0.05) is 0 Å². The number of imidazole rings is 1.